The van der Waals surface area contributed by atoms with Gasteiger partial charge < -0.3 is 19.4 Å². The van der Waals surface area contributed by atoms with Crippen molar-refractivity contribution in [3.8, 4) is 0 Å². The van der Waals surface area contributed by atoms with Crippen LogP contribution in [0.4, 0.5) is 11.5 Å². The van der Waals surface area contributed by atoms with Crippen molar-refractivity contribution in [2.75, 3.05) is 18.0 Å². The van der Waals surface area contributed by atoms with Crippen LogP contribution in [0.15, 0.2) is 42.6 Å². The topological polar surface area (TPSA) is 68.5 Å². The molecule has 6 nitrogen and oxygen atoms in total. The number of nitro groups is 1. The molecule has 0 atom stereocenters. The lowest BCUT2D eigenvalue weighted by Gasteiger charge is -2.36. The lowest BCUT2D eigenvalue weighted by atomic mass is 9.89. The Balaban J connectivity index is 1.54. The Hall–Kier alpha value is -2.25. The summed E-state index contributed by atoms with van der Waals surface area (Å²) in [7, 11) is -1.73. The van der Waals surface area contributed by atoms with Gasteiger partial charge in [-0.1, -0.05) is 45.0 Å². The SMILES string of the molecule is CC(C)(C)[Si](C)(C)OCc1ccc(C2CCN(c3ccc([N+](=O)[O-])nc3)CC2)cc1. The monoisotopic (exact) mass is 427 g/mol. The van der Waals surface area contributed by atoms with Crippen molar-refractivity contribution in [3.05, 3.63) is 63.8 Å². The van der Waals surface area contributed by atoms with E-state index >= 15 is 0 Å². The van der Waals surface area contributed by atoms with Gasteiger partial charge in [0.15, 0.2) is 14.5 Å². The molecule has 7 heteroatoms. The summed E-state index contributed by atoms with van der Waals surface area (Å²) in [6.07, 6.45) is 3.74. The van der Waals surface area contributed by atoms with E-state index in [0.29, 0.717) is 12.5 Å². The van der Waals surface area contributed by atoms with Crippen LogP contribution in [-0.2, 0) is 11.0 Å². The molecule has 1 saturated heterocycles. The fraction of sp³-hybridized carbons (Fsp3) is 0.522. The average molecular weight is 428 g/mol. The van der Waals surface area contributed by atoms with Gasteiger partial charge in [-0.2, -0.15) is 0 Å². The Morgan fingerprint density at radius 1 is 1.13 bits per heavy atom. The van der Waals surface area contributed by atoms with Crippen molar-refractivity contribution >= 4 is 19.8 Å². The largest absolute Gasteiger partial charge is 0.413 e. The van der Waals surface area contributed by atoms with Crippen LogP contribution in [0.3, 0.4) is 0 Å². The van der Waals surface area contributed by atoms with E-state index < -0.39 is 13.2 Å². The first-order chi connectivity index (χ1) is 14.1. The van der Waals surface area contributed by atoms with Crippen molar-refractivity contribution in [3.63, 3.8) is 0 Å². The van der Waals surface area contributed by atoms with Crippen LogP contribution in [0.2, 0.25) is 18.1 Å². The standard InChI is InChI=1S/C23H33N3O3Si/c1-23(2,3)30(4,5)29-17-18-6-8-19(9-7-18)20-12-14-25(15-13-20)21-10-11-22(24-16-21)26(27)28/h6-11,16,20H,12-15,17H2,1-5H3. The predicted octanol–water partition coefficient (Wildman–Crippen LogP) is 5.90. The number of aromatic nitrogens is 1. The maximum atomic E-state index is 10.8. The normalized spacial score (nSPS) is 16.0. The van der Waals surface area contributed by atoms with Gasteiger partial charge in [-0.3, -0.25) is 0 Å². The smallest absolute Gasteiger partial charge is 0.363 e. The third kappa shape index (κ3) is 5.26. The van der Waals surface area contributed by atoms with Crippen LogP contribution in [0.25, 0.3) is 0 Å². The van der Waals surface area contributed by atoms with E-state index in [9.17, 15) is 10.1 Å². The van der Waals surface area contributed by atoms with Crippen molar-refractivity contribution in [1.29, 1.82) is 0 Å². The second-order valence-corrected chi connectivity index (χ2v) is 14.5. The van der Waals surface area contributed by atoms with E-state index in [-0.39, 0.29) is 10.9 Å². The molecule has 1 fully saturated rings. The first-order valence-electron chi connectivity index (χ1n) is 10.6. The summed E-state index contributed by atoms with van der Waals surface area (Å²) in [4.78, 5) is 16.5. The van der Waals surface area contributed by atoms with Gasteiger partial charge in [0.2, 0.25) is 0 Å². The van der Waals surface area contributed by atoms with Crippen LogP contribution in [0.1, 0.15) is 50.7 Å². The second kappa shape index (κ2) is 8.86. The molecule has 0 radical (unpaired) electrons. The molecule has 0 saturated carbocycles. The van der Waals surface area contributed by atoms with Crippen molar-refractivity contribution in [2.24, 2.45) is 0 Å². The Morgan fingerprint density at radius 3 is 2.27 bits per heavy atom. The minimum Gasteiger partial charge on any atom is -0.413 e. The molecule has 3 rings (SSSR count). The fourth-order valence-corrected chi connectivity index (χ4v) is 4.47. The van der Waals surface area contributed by atoms with Crippen molar-refractivity contribution in [1.82, 2.24) is 4.98 Å². The van der Waals surface area contributed by atoms with Gasteiger partial charge in [-0.05, 0) is 64.0 Å². The third-order valence-corrected chi connectivity index (χ3v) is 11.1. The third-order valence-electron chi connectivity index (χ3n) is 6.64. The summed E-state index contributed by atoms with van der Waals surface area (Å²) in [5.74, 6) is 0.439. The van der Waals surface area contributed by atoms with Crippen LogP contribution >= 0.6 is 0 Å². The van der Waals surface area contributed by atoms with Crippen LogP contribution in [0.5, 0.6) is 0 Å². The Morgan fingerprint density at radius 2 is 1.77 bits per heavy atom. The number of benzene rings is 1. The molecule has 0 unspecified atom stereocenters. The van der Waals surface area contributed by atoms with Crippen molar-refractivity contribution < 1.29 is 9.35 Å². The van der Waals surface area contributed by atoms with E-state index in [0.717, 1.165) is 31.6 Å². The van der Waals surface area contributed by atoms with E-state index in [1.165, 1.54) is 17.2 Å². The van der Waals surface area contributed by atoms with E-state index in [2.05, 4.69) is 68.0 Å². The first kappa shape index (κ1) is 22.4. The quantitative estimate of drug-likeness (QED) is 0.326. The van der Waals surface area contributed by atoms with Gasteiger partial charge in [0.05, 0.1) is 12.3 Å². The molecule has 2 heterocycles. The summed E-state index contributed by atoms with van der Waals surface area (Å²) in [5, 5.41) is 11.0. The molecule has 0 bridgehead atoms. The molecule has 0 N–H and O–H groups in total. The Kier molecular flexibility index (Phi) is 6.62. The van der Waals surface area contributed by atoms with E-state index in [1.54, 1.807) is 12.3 Å². The summed E-state index contributed by atoms with van der Waals surface area (Å²) >= 11 is 0. The maximum absolute atomic E-state index is 10.8. The zero-order chi connectivity index (χ0) is 21.9. The molecular formula is C23H33N3O3Si. The molecule has 1 aliphatic heterocycles. The molecule has 1 aromatic heterocycles. The van der Waals surface area contributed by atoms with Crippen molar-refractivity contribution in [2.45, 2.75) is 64.3 Å². The number of hydrogen-bond donors (Lipinski definition) is 0. The van der Waals surface area contributed by atoms with Gasteiger partial charge in [0.1, 0.15) is 0 Å². The summed E-state index contributed by atoms with van der Waals surface area (Å²) in [6, 6.07) is 12.2. The predicted molar refractivity (Wildman–Crippen MR) is 124 cm³/mol. The number of pyridine rings is 1. The molecule has 0 spiro atoms. The molecule has 1 aliphatic rings. The van der Waals surface area contributed by atoms with Gasteiger partial charge in [-0.25, -0.2) is 0 Å². The highest BCUT2D eigenvalue weighted by atomic mass is 28.4. The van der Waals surface area contributed by atoms with E-state index in [1.807, 2.05) is 0 Å². The zero-order valence-corrected chi connectivity index (χ0v) is 19.7. The van der Waals surface area contributed by atoms with Gasteiger partial charge >= 0.3 is 5.82 Å². The maximum Gasteiger partial charge on any atom is 0.363 e. The highest BCUT2D eigenvalue weighted by Gasteiger charge is 2.37. The van der Waals surface area contributed by atoms with Crippen LogP contribution < -0.4 is 4.90 Å². The first-order valence-corrected chi connectivity index (χ1v) is 13.6. The molecule has 30 heavy (non-hydrogen) atoms. The average Bonchev–Trinajstić information content (AvgIpc) is 2.72. The number of piperidine rings is 1. The summed E-state index contributed by atoms with van der Waals surface area (Å²) < 4.78 is 6.34. The number of rotatable bonds is 6. The number of nitrogens with zero attached hydrogens (tertiary/aromatic N) is 3. The summed E-state index contributed by atoms with van der Waals surface area (Å²) in [6.45, 7) is 13.9. The minimum absolute atomic E-state index is 0.105. The zero-order valence-electron chi connectivity index (χ0n) is 18.7. The fourth-order valence-electron chi connectivity index (χ4n) is 3.51. The molecule has 0 amide bonds. The molecular weight excluding hydrogens is 394 g/mol. The lowest BCUT2D eigenvalue weighted by Crippen LogP contribution is -2.40. The Bertz CT molecular complexity index is 853. The molecule has 0 aliphatic carbocycles. The summed E-state index contributed by atoms with van der Waals surface area (Å²) in [5.41, 5.74) is 3.57. The van der Waals surface area contributed by atoms with E-state index in [4.69, 9.17) is 4.43 Å². The van der Waals surface area contributed by atoms with Crippen LogP contribution in [0, 0.1) is 10.1 Å². The highest BCUT2D eigenvalue weighted by Crippen LogP contribution is 2.37. The van der Waals surface area contributed by atoms with Gasteiger partial charge in [0, 0.05) is 19.2 Å². The highest BCUT2D eigenvalue weighted by molar-refractivity contribution is 6.74. The second-order valence-electron chi connectivity index (χ2n) is 9.68. The number of hydrogen-bond acceptors (Lipinski definition) is 5. The molecule has 1 aromatic carbocycles. The molecule has 2 aromatic rings. The molecule has 162 valence electrons. The minimum atomic E-state index is -1.73. The Labute approximate surface area is 180 Å². The van der Waals surface area contributed by atoms with Crippen LogP contribution in [-0.4, -0.2) is 31.3 Å². The van der Waals surface area contributed by atoms with Gasteiger partial charge in [-0.15, -0.1) is 0 Å². The number of anilines is 1. The van der Waals surface area contributed by atoms with Gasteiger partial charge in [0.25, 0.3) is 0 Å². The lowest BCUT2D eigenvalue weighted by molar-refractivity contribution is -0.389.